The maximum Gasteiger partial charge on any atom is 0.374 e. The molecule has 0 unspecified atom stereocenters. The lowest BCUT2D eigenvalue weighted by molar-refractivity contribution is 0.0652. The van der Waals surface area contributed by atoms with Gasteiger partial charge in [-0.15, -0.1) is 0 Å². The summed E-state index contributed by atoms with van der Waals surface area (Å²) in [4.78, 5) is 14.8. The summed E-state index contributed by atoms with van der Waals surface area (Å²) in [7, 11) is 0. The fraction of sp³-hybridized carbons (Fsp3) is 0. The van der Waals surface area contributed by atoms with E-state index in [9.17, 15) is 4.79 Å². The third-order valence-electron chi connectivity index (χ3n) is 2.68. The molecule has 3 aromatic rings. The van der Waals surface area contributed by atoms with Crippen LogP contribution in [0.3, 0.4) is 0 Å². The van der Waals surface area contributed by atoms with Crippen molar-refractivity contribution in [3.05, 3.63) is 54.8 Å². The van der Waals surface area contributed by atoms with Crippen molar-refractivity contribution in [1.29, 1.82) is 0 Å². The number of hydrogen-bond acceptors (Lipinski definition) is 4. The van der Waals surface area contributed by atoms with E-state index in [0.29, 0.717) is 5.69 Å². The summed E-state index contributed by atoms with van der Waals surface area (Å²) in [6.45, 7) is 0. The molecular weight excluding hydrogens is 246 g/mol. The minimum Gasteiger partial charge on any atom is -0.475 e. The van der Waals surface area contributed by atoms with Crippen LogP contribution in [0, 0.1) is 0 Å². The first-order chi connectivity index (χ1) is 9.25. The topological polar surface area (TPSA) is 81.1 Å². The van der Waals surface area contributed by atoms with Crippen molar-refractivity contribution in [2.45, 2.75) is 0 Å². The SMILES string of the molecule is O=C(O)c1cc(-c2ccccc2-n2ccnc2)no1. The van der Waals surface area contributed by atoms with Crippen LogP contribution in [0.2, 0.25) is 0 Å². The van der Waals surface area contributed by atoms with E-state index in [2.05, 4.69) is 10.1 Å². The highest BCUT2D eigenvalue weighted by Gasteiger charge is 2.15. The standard InChI is InChI=1S/C13H9N3O3/c17-13(18)12-7-10(15-19-12)9-3-1-2-4-11(9)16-6-5-14-8-16/h1-8H,(H,17,18). The van der Waals surface area contributed by atoms with Gasteiger partial charge >= 0.3 is 5.97 Å². The lowest BCUT2D eigenvalue weighted by atomic mass is 10.1. The van der Waals surface area contributed by atoms with E-state index in [1.807, 2.05) is 28.8 Å². The number of aromatic carboxylic acids is 1. The van der Waals surface area contributed by atoms with Crippen LogP contribution in [-0.4, -0.2) is 25.8 Å². The molecule has 6 heteroatoms. The Hall–Kier alpha value is -2.89. The summed E-state index contributed by atoms with van der Waals surface area (Å²) in [6.07, 6.45) is 5.14. The smallest absolute Gasteiger partial charge is 0.374 e. The molecule has 2 aromatic heterocycles. The van der Waals surface area contributed by atoms with Gasteiger partial charge in [-0.3, -0.25) is 0 Å². The summed E-state index contributed by atoms with van der Waals surface area (Å²) < 4.78 is 6.60. The molecule has 0 aliphatic carbocycles. The highest BCUT2D eigenvalue weighted by Crippen LogP contribution is 2.26. The Kier molecular flexibility index (Phi) is 2.60. The van der Waals surface area contributed by atoms with Crippen LogP contribution in [0.4, 0.5) is 0 Å². The van der Waals surface area contributed by atoms with Crippen LogP contribution in [0.5, 0.6) is 0 Å². The Balaban J connectivity index is 2.12. The molecule has 19 heavy (non-hydrogen) atoms. The monoisotopic (exact) mass is 255 g/mol. The number of para-hydroxylation sites is 1. The highest BCUT2D eigenvalue weighted by molar-refractivity contribution is 5.86. The lowest BCUT2D eigenvalue weighted by Crippen LogP contribution is -1.94. The van der Waals surface area contributed by atoms with Crippen LogP contribution < -0.4 is 0 Å². The number of rotatable bonds is 3. The van der Waals surface area contributed by atoms with Gasteiger partial charge in [-0.2, -0.15) is 0 Å². The molecule has 0 spiro atoms. The molecule has 0 bridgehead atoms. The van der Waals surface area contributed by atoms with Gasteiger partial charge in [0.05, 0.1) is 12.0 Å². The Morgan fingerprint density at radius 3 is 2.84 bits per heavy atom. The highest BCUT2D eigenvalue weighted by atomic mass is 16.5. The normalized spacial score (nSPS) is 10.5. The van der Waals surface area contributed by atoms with E-state index in [4.69, 9.17) is 9.63 Å². The maximum atomic E-state index is 10.8. The van der Waals surface area contributed by atoms with Gasteiger partial charge < -0.3 is 14.2 Å². The van der Waals surface area contributed by atoms with Gasteiger partial charge in [0.25, 0.3) is 0 Å². The summed E-state index contributed by atoms with van der Waals surface area (Å²) in [5, 5.41) is 12.6. The third-order valence-corrected chi connectivity index (χ3v) is 2.68. The van der Waals surface area contributed by atoms with Crippen LogP contribution >= 0.6 is 0 Å². The summed E-state index contributed by atoms with van der Waals surface area (Å²) in [5.41, 5.74) is 2.10. The molecule has 0 fully saturated rings. The van der Waals surface area contributed by atoms with Crippen molar-refractivity contribution in [1.82, 2.24) is 14.7 Å². The number of nitrogens with zero attached hydrogens (tertiary/aromatic N) is 3. The first-order valence-corrected chi connectivity index (χ1v) is 5.53. The van der Waals surface area contributed by atoms with E-state index in [1.165, 1.54) is 6.07 Å². The molecule has 0 atom stereocenters. The number of imidazole rings is 1. The third kappa shape index (κ3) is 1.99. The minimum atomic E-state index is -1.14. The average molecular weight is 255 g/mol. The van der Waals surface area contributed by atoms with Gasteiger partial charge in [-0.25, -0.2) is 9.78 Å². The Morgan fingerprint density at radius 1 is 1.32 bits per heavy atom. The molecule has 1 N–H and O–H groups in total. The Bertz CT molecular complexity index is 716. The first-order valence-electron chi connectivity index (χ1n) is 5.53. The van der Waals surface area contributed by atoms with Crippen LogP contribution in [0.1, 0.15) is 10.6 Å². The van der Waals surface area contributed by atoms with Crippen molar-refractivity contribution in [3.63, 3.8) is 0 Å². The van der Waals surface area contributed by atoms with Crippen LogP contribution in [0.15, 0.2) is 53.6 Å². The van der Waals surface area contributed by atoms with Gasteiger partial charge in [0.2, 0.25) is 5.76 Å². The largest absolute Gasteiger partial charge is 0.475 e. The number of carboxylic acids is 1. The zero-order chi connectivity index (χ0) is 13.2. The zero-order valence-corrected chi connectivity index (χ0v) is 9.72. The molecule has 94 valence electrons. The molecule has 0 aliphatic heterocycles. The molecule has 3 rings (SSSR count). The van der Waals surface area contributed by atoms with E-state index in [0.717, 1.165) is 11.3 Å². The number of hydrogen-bond donors (Lipinski definition) is 1. The second-order valence-corrected chi connectivity index (χ2v) is 3.87. The van der Waals surface area contributed by atoms with Gasteiger partial charge in [0.15, 0.2) is 0 Å². The van der Waals surface area contributed by atoms with Gasteiger partial charge in [-0.1, -0.05) is 23.4 Å². The lowest BCUT2D eigenvalue weighted by Gasteiger charge is -2.06. The number of aromatic nitrogens is 3. The molecule has 0 radical (unpaired) electrons. The predicted octanol–water partition coefficient (Wildman–Crippen LogP) is 2.23. The predicted molar refractivity (Wildman–Crippen MR) is 66.0 cm³/mol. The number of benzene rings is 1. The second-order valence-electron chi connectivity index (χ2n) is 3.87. The first kappa shape index (κ1) is 11.2. The van der Waals surface area contributed by atoms with Crippen LogP contribution in [-0.2, 0) is 0 Å². The molecule has 0 aliphatic rings. The van der Waals surface area contributed by atoms with E-state index in [1.54, 1.807) is 18.7 Å². The number of carbonyl (C=O) groups is 1. The summed E-state index contributed by atoms with van der Waals surface area (Å²) in [5.74, 6) is -1.32. The van der Waals surface area contributed by atoms with Crippen molar-refractivity contribution in [2.24, 2.45) is 0 Å². The quantitative estimate of drug-likeness (QED) is 0.776. The maximum absolute atomic E-state index is 10.8. The van der Waals surface area contributed by atoms with Gasteiger partial charge in [-0.05, 0) is 6.07 Å². The van der Waals surface area contributed by atoms with Crippen molar-refractivity contribution in [2.75, 3.05) is 0 Å². The van der Waals surface area contributed by atoms with E-state index >= 15 is 0 Å². The molecule has 0 amide bonds. The fourth-order valence-corrected chi connectivity index (χ4v) is 1.82. The molecule has 0 saturated carbocycles. The summed E-state index contributed by atoms with van der Waals surface area (Å²) in [6, 6.07) is 8.88. The molecule has 6 nitrogen and oxygen atoms in total. The Morgan fingerprint density at radius 2 is 2.16 bits per heavy atom. The van der Waals surface area contributed by atoms with E-state index < -0.39 is 5.97 Å². The second kappa shape index (κ2) is 4.41. The van der Waals surface area contributed by atoms with Crippen LogP contribution in [0.25, 0.3) is 16.9 Å². The molecule has 0 saturated heterocycles. The van der Waals surface area contributed by atoms with Crippen molar-refractivity contribution in [3.8, 4) is 16.9 Å². The zero-order valence-electron chi connectivity index (χ0n) is 9.72. The van der Waals surface area contributed by atoms with Gasteiger partial charge in [0.1, 0.15) is 5.69 Å². The van der Waals surface area contributed by atoms with Crippen molar-refractivity contribution < 1.29 is 14.4 Å². The number of carboxylic acid groups (broad SMARTS) is 1. The molecule has 1 aromatic carbocycles. The van der Waals surface area contributed by atoms with Crippen molar-refractivity contribution >= 4 is 5.97 Å². The average Bonchev–Trinajstić information content (AvgIpc) is 3.10. The minimum absolute atomic E-state index is 0.185. The van der Waals surface area contributed by atoms with Gasteiger partial charge in [0, 0.05) is 24.0 Å². The fourth-order valence-electron chi connectivity index (χ4n) is 1.82. The molecule has 2 heterocycles. The Labute approximate surface area is 107 Å². The molecular formula is C13H9N3O3. The summed E-state index contributed by atoms with van der Waals surface area (Å²) >= 11 is 0. The van der Waals surface area contributed by atoms with E-state index in [-0.39, 0.29) is 5.76 Å².